The molecule has 0 aliphatic carbocycles. The third-order valence-corrected chi connectivity index (χ3v) is 9.62. The molecule has 0 radical (unpaired) electrons. The number of piperazine rings is 1. The van der Waals surface area contributed by atoms with Crippen LogP contribution in [0.3, 0.4) is 0 Å². The molecule has 1 saturated heterocycles. The van der Waals surface area contributed by atoms with E-state index in [1.54, 1.807) is 12.1 Å². The van der Waals surface area contributed by atoms with Gasteiger partial charge in [-0.1, -0.05) is 48.5 Å². The third kappa shape index (κ3) is 5.54. The number of carbonyl (C=O) groups excluding carboxylic acids is 1. The van der Waals surface area contributed by atoms with Crippen molar-refractivity contribution in [1.82, 2.24) is 8.61 Å². The van der Waals surface area contributed by atoms with E-state index in [1.165, 1.54) is 54.6 Å². The zero-order valence-electron chi connectivity index (χ0n) is 19.2. The average Bonchev–Trinajstić information content (AvgIpc) is 2.89. The molecule has 8 nitrogen and oxygen atoms in total. The minimum atomic E-state index is -4.78. The van der Waals surface area contributed by atoms with Gasteiger partial charge in [0.05, 0.1) is 21.0 Å². The first-order valence-corrected chi connectivity index (χ1v) is 13.9. The normalized spacial score (nSPS) is 17.9. The summed E-state index contributed by atoms with van der Waals surface area (Å²) in [6.07, 6.45) is -4.78. The van der Waals surface area contributed by atoms with Crippen molar-refractivity contribution in [1.29, 1.82) is 0 Å². The third-order valence-electron chi connectivity index (χ3n) is 5.82. The predicted molar refractivity (Wildman–Crippen MR) is 129 cm³/mol. The molecular weight excluding hydrogens is 531 g/mol. The van der Waals surface area contributed by atoms with Gasteiger partial charge >= 0.3 is 6.18 Å². The van der Waals surface area contributed by atoms with Crippen molar-refractivity contribution in [2.45, 2.75) is 22.0 Å². The van der Waals surface area contributed by atoms with E-state index < -0.39 is 56.0 Å². The van der Waals surface area contributed by atoms with Crippen molar-refractivity contribution >= 4 is 31.6 Å². The average molecular weight is 554 g/mol. The number of para-hydroxylation sites is 1. The lowest BCUT2D eigenvalue weighted by atomic mass is 10.1. The molecular formula is C24H22F3N3O5S2. The van der Waals surface area contributed by atoms with Gasteiger partial charge in [-0.15, -0.1) is 0 Å². The number of anilines is 1. The van der Waals surface area contributed by atoms with Gasteiger partial charge in [0.15, 0.2) is 0 Å². The number of amides is 1. The Balaban J connectivity index is 1.72. The fourth-order valence-corrected chi connectivity index (χ4v) is 7.04. The van der Waals surface area contributed by atoms with E-state index in [0.29, 0.717) is 0 Å². The summed E-state index contributed by atoms with van der Waals surface area (Å²) in [6, 6.07) is 17.2. The molecule has 0 spiro atoms. The number of rotatable bonds is 6. The summed E-state index contributed by atoms with van der Waals surface area (Å²) in [5.41, 5.74) is -1.69. The van der Waals surface area contributed by atoms with Crippen LogP contribution in [0.15, 0.2) is 94.7 Å². The molecule has 0 bridgehead atoms. The molecule has 196 valence electrons. The molecule has 4 rings (SSSR count). The van der Waals surface area contributed by atoms with E-state index in [4.69, 9.17) is 0 Å². The van der Waals surface area contributed by atoms with Gasteiger partial charge in [-0.25, -0.2) is 16.8 Å². The second-order valence-corrected chi connectivity index (χ2v) is 12.0. The first-order valence-electron chi connectivity index (χ1n) is 11.0. The van der Waals surface area contributed by atoms with Gasteiger partial charge in [-0.3, -0.25) is 4.79 Å². The number of sulfonamides is 2. The van der Waals surface area contributed by atoms with Crippen LogP contribution in [-0.4, -0.2) is 57.0 Å². The largest absolute Gasteiger partial charge is 0.418 e. The number of nitrogens with one attached hydrogen (secondary N) is 1. The Hall–Kier alpha value is -3.26. The van der Waals surface area contributed by atoms with E-state index in [1.807, 2.05) is 0 Å². The second-order valence-electron chi connectivity index (χ2n) is 8.15. The zero-order chi connectivity index (χ0) is 26.8. The van der Waals surface area contributed by atoms with Crippen molar-refractivity contribution in [2.75, 3.05) is 25.0 Å². The van der Waals surface area contributed by atoms with Gasteiger partial charge in [0.2, 0.25) is 26.0 Å². The minimum absolute atomic E-state index is 0.0593. The van der Waals surface area contributed by atoms with Gasteiger partial charge in [0.1, 0.15) is 6.04 Å². The molecule has 1 N–H and O–H groups in total. The van der Waals surface area contributed by atoms with Crippen LogP contribution >= 0.6 is 0 Å². The quantitative estimate of drug-likeness (QED) is 0.504. The number of nitrogens with zero attached hydrogens (tertiary/aromatic N) is 2. The van der Waals surface area contributed by atoms with Crippen LogP contribution in [0, 0.1) is 0 Å². The summed E-state index contributed by atoms with van der Waals surface area (Å²) in [5.74, 6) is -1.09. The number of hydrogen-bond acceptors (Lipinski definition) is 5. The highest BCUT2D eigenvalue weighted by molar-refractivity contribution is 7.89. The van der Waals surface area contributed by atoms with Gasteiger partial charge in [-0.2, -0.15) is 21.8 Å². The highest BCUT2D eigenvalue weighted by atomic mass is 32.2. The van der Waals surface area contributed by atoms with Crippen molar-refractivity contribution in [2.24, 2.45) is 0 Å². The van der Waals surface area contributed by atoms with Crippen LogP contribution in [0.2, 0.25) is 0 Å². The topological polar surface area (TPSA) is 104 Å². The Kier molecular flexibility index (Phi) is 7.42. The molecule has 1 amide bonds. The van der Waals surface area contributed by atoms with E-state index >= 15 is 0 Å². The number of benzene rings is 3. The fraction of sp³-hybridized carbons (Fsp3) is 0.208. The molecule has 13 heteroatoms. The summed E-state index contributed by atoms with van der Waals surface area (Å²) in [6.45, 7) is -1.24. The molecule has 1 aliphatic heterocycles. The summed E-state index contributed by atoms with van der Waals surface area (Å²) in [4.78, 5) is 13.1. The highest BCUT2D eigenvalue weighted by Gasteiger charge is 2.44. The minimum Gasteiger partial charge on any atom is -0.324 e. The molecule has 3 aromatic rings. The summed E-state index contributed by atoms with van der Waals surface area (Å²) >= 11 is 0. The van der Waals surface area contributed by atoms with Crippen LogP contribution < -0.4 is 5.32 Å². The molecule has 0 unspecified atom stereocenters. The Morgan fingerprint density at radius 2 is 1.27 bits per heavy atom. The molecule has 0 saturated carbocycles. The van der Waals surface area contributed by atoms with E-state index in [-0.39, 0.29) is 22.9 Å². The molecule has 1 aliphatic rings. The molecule has 37 heavy (non-hydrogen) atoms. The zero-order valence-corrected chi connectivity index (χ0v) is 20.8. The number of halogens is 3. The SMILES string of the molecule is O=C(Nc1ccccc1C(F)(F)F)[C@@H]1CN(S(=O)(=O)c2ccccc2)CCN1S(=O)(=O)c1ccccc1. The lowest BCUT2D eigenvalue weighted by Gasteiger charge is -2.39. The summed E-state index contributed by atoms with van der Waals surface area (Å²) in [5, 5.41) is 2.17. The van der Waals surface area contributed by atoms with Gasteiger partial charge in [0, 0.05) is 19.6 Å². The first kappa shape index (κ1) is 26.8. The van der Waals surface area contributed by atoms with Gasteiger partial charge in [-0.05, 0) is 36.4 Å². The fourth-order valence-electron chi connectivity index (χ4n) is 3.99. The second kappa shape index (κ2) is 10.2. The standard InChI is InChI=1S/C24H22F3N3O5S2/c25-24(26,27)20-13-7-8-14-21(20)28-23(31)22-17-29(36(32,33)18-9-3-1-4-10-18)15-16-30(22)37(34,35)19-11-5-2-6-12-19/h1-14,22H,15-17H2,(H,28,31)/t22-/m0/s1. The lowest BCUT2D eigenvalue weighted by Crippen LogP contribution is -2.60. The Bertz CT molecular complexity index is 1480. The number of carbonyl (C=O) groups is 1. The van der Waals surface area contributed by atoms with Gasteiger partial charge < -0.3 is 5.32 Å². The van der Waals surface area contributed by atoms with Crippen LogP contribution in [0.5, 0.6) is 0 Å². The molecule has 1 atom stereocenters. The number of alkyl halides is 3. The van der Waals surface area contributed by atoms with E-state index in [9.17, 15) is 34.8 Å². The first-order chi connectivity index (χ1) is 17.4. The van der Waals surface area contributed by atoms with E-state index in [0.717, 1.165) is 26.8 Å². The Morgan fingerprint density at radius 3 is 1.84 bits per heavy atom. The van der Waals surface area contributed by atoms with Gasteiger partial charge in [0.25, 0.3) is 0 Å². The van der Waals surface area contributed by atoms with Crippen LogP contribution in [0.4, 0.5) is 18.9 Å². The van der Waals surface area contributed by atoms with Crippen molar-refractivity contribution in [3.05, 3.63) is 90.5 Å². The van der Waals surface area contributed by atoms with Crippen molar-refractivity contribution < 1.29 is 34.8 Å². The number of hydrogen-bond donors (Lipinski definition) is 1. The smallest absolute Gasteiger partial charge is 0.324 e. The van der Waals surface area contributed by atoms with Crippen LogP contribution in [0.25, 0.3) is 0 Å². The maximum absolute atomic E-state index is 13.5. The Labute approximate surface area is 212 Å². The summed E-state index contributed by atoms with van der Waals surface area (Å²) in [7, 11) is -8.41. The highest BCUT2D eigenvalue weighted by Crippen LogP contribution is 2.35. The Morgan fingerprint density at radius 1 is 0.757 bits per heavy atom. The lowest BCUT2D eigenvalue weighted by molar-refractivity contribution is -0.137. The van der Waals surface area contributed by atoms with Crippen LogP contribution in [-0.2, 0) is 31.0 Å². The molecule has 3 aromatic carbocycles. The van der Waals surface area contributed by atoms with Crippen LogP contribution in [0.1, 0.15) is 5.56 Å². The monoisotopic (exact) mass is 553 g/mol. The van der Waals surface area contributed by atoms with Crippen molar-refractivity contribution in [3.8, 4) is 0 Å². The maximum atomic E-state index is 13.5. The van der Waals surface area contributed by atoms with E-state index in [2.05, 4.69) is 5.32 Å². The predicted octanol–water partition coefficient (Wildman–Crippen LogP) is 3.41. The summed E-state index contributed by atoms with van der Waals surface area (Å²) < 4.78 is 95.5. The molecule has 1 heterocycles. The molecule has 1 fully saturated rings. The van der Waals surface area contributed by atoms with Crippen molar-refractivity contribution in [3.63, 3.8) is 0 Å². The maximum Gasteiger partial charge on any atom is 0.418 e. The molecule has 0 aromatic heterocycles.